The molecule has 1 saturated carbocycles. The Labute approximate surface area is 98.8 Å². The van der Waals surface area contributed by atoms with Crippen molar-refractivity contribution in [3.05, 3.63) is 35.5 Å². The van der Waals surface area contributed by atoms with Crippen LogP contribution in [0.3, 0.4) is 0 Å². The third-order valence-electron chi connectivity index (χ3n) is 4.35. The summed E-state index contributed by atoms with van der Waals surface area (Å²) in [6.07, 6.45) is 10.7. The van der Waals surface area contributed by atoms with Crippen LogP contribution in [0.25, 0.3) is 0 Å². The Kier molecular flexibility index (Phi) is 1.64. The van der Waals surface area contributed by atoms with Crippen LogP contribution >= 0.6 is 0 Å². The molecule has 2 unspecified atom stereocenters. The molecule has 5 rings (SSSR count). The van der Waals surface area contributed by atoms with Gasteiger partial charge >= 0.3 is 11.9 Å². The predicted octanol–water partition coefficient (Wildman–Crippen LogP) is 1.76. The zero-order valence-corrected chi connectivity index (χ0v) is 9.26. The van der Waals surface area contributed by atoms with Gasteiger partial charge in [0.15, 0.2) is 0 Å². The van der Waals surface area contributed by atoms with E-state index in [2.05, 4.69) is 12.2 Å². The van der Waals surface area contributed by atoms with Gasteiger partial charge in [-0.2, -0.15) is 0 Å². The lowest BCUT2D eigenvalue weighted by molar-refractivity contribution is -0.153. The van der Waals surface area contributed by atoms with Gasteiger partial charge in [-0.1, -0.05) is 24.3 Å². The maximum atomic E-state index is 11.6. The van der Waals surface area contributed by atoms with E-state index < -0.39 is 0 Å². The van der Waals surface area contributed by atoms with Gasteiger partial charge in [0.1, 0.15) is 0 Å². The minimum Gasteiger partial charge on any atom is -0.392 e. The summed E-state index contributed by atoms with van der Waals surface area (Å²) in [5.41, 5.74) is 2.52. The summed E-state index contributed by atoms with van der Waals surface area (Å²) in [5, 5.41) is 0. The van der Waals surface area contributed by atoms with Crippen molar-refractivity contribution < 1.29 is 14.3 Å². The topological polar surface area (TPSA) is 43.4 Å². The number of carbonyl (C=O) groups excluding carboxylic acids is 2. The van der Waals surface area contributed by atoms with Crippen LogP contribution in [0, 0.1) is 23.7 Å². The summed E-state index contributed by atoms with van der Waals surface area (Å²) >= 11 is 0. The SMILES string of the molecule is O=C1OC(=O)C2C=C3C(=CC12)[C@@H]1C=C[C@H]3CC1. The Morgan fingerprint density at radius 1 is 0.882 bits per heavy atom. The number of carbonyl (C=O) groups is 2. The van der Waals surface area contributed by atoms with E-state index in [1.54, 1.807) is 0 Å². The largest absolute Gasteiger partial charge is 0.392 e. The lowest BCUT2D eigenvalue weighted by atomic mass is 9.65. The van der Waals surface area contributed by atoms with Gasteiger partial charge in [0.05, 0.1) is 11.8 Å². The highest BCUT2D eigenvalue weighted by atomic mass is 16.6. The average molecular weight is 228 g/mol. The third kappa shape index (κ3) is 1.11. The van der Waals surface area contributed by atoms with Crippen LogP contribution in [0.4, 0.5) is 0 Å². The number of rotatable bonds is 0. The quantitative estimate of drug-likeness (QED) is 0.360. The second-order valence-electron chi connectivity index (χ2n) is 5.21. The minimum atomic E-state index is -0.381. The number of esters is 2. The van der Waals surface area contributed by atoms with Crippen LogP contribution in [0.1, 0.15) is 12.8 Å². The maximum Gasteiger partial charge on any atom is 0.321 e. The van der Waals surface area contributed by atoms with E-state index in [1.807, 2.05) is 12.2 Å². The first-order valence-electron chi connectivity index (χ1n) is 6.12. The molecule has 17 heavy (non-hydrogen) atoms. The van der Waals surface area contributed by atoms with Gasteiger partial charge in [-0.15, -0.1) is 0 Å². The van der Waals surface area contributed by atoms with Crippen LogP contribution < -0.4 is 0 Å². The van der Waals surface area contributed by atoms with E-state index in [4.69, 9.17) is 4.74 Å². The van der Waals surface area contributed by atoms with Crippen LogP contribution in [-0.4, -0.2) is 11.9 Å². The highest BCUT2D eigenvalue weighted by Crippen LogP contribution is 2.48. The molecule has 86 valence electrons. The molecule has 5 aliphatic rings. The number of ether oxygens (including phenoxy) is 1. The second-order valence-corrected chi connectivity index (χ2v) is 5.21. The maximum absolute atomic E-state index is 11.6. The molecule has 2 bridgehead atoms. The molecular formula is C14H12O3. The van der Waals surface area contributed by atoms with Crippen molar-refractivity contribution in [1.29, 1.82) is 0 Å². The fraction of sp³-hybridized carbons (Fsp3) is 0.429. The molecule has 0 spiro atoms. The van der Waals surface area contributed by atoms with Crippen molar-refractivity contribution in [2.45, 2.75) is 12.8 Å². The minimum absolute atomic E-state index is 0.367. The molecule has 4 atom stereocenters. The number of allylic oxidation sites excluding steroid dienone is 4. The zero-order valence-electron chi connectivity index (χ0n) is 9.26. The first kappa shape index (κ1) is 9.40. The molecule has 3 nitrogen and oxygen atoms in total. The van der Waals surface area contributed by atoms with Gasteiger partial charge in [-0.3, -0.25) is 9.59 Å². The van der Waals surface area contributed by atoms with Crippen molar-refractivity contribution >= 4 is 11.9 Å². The lowest BCUT2D eigenvalue weighted by Crippen LogP contribution is -2.29. The fourth-order valence-electron chi connectivity index (χ4n) is 3.46. The van der Waals surface area contributed by atoms with Gasteiger partial charge in [-0.25, -0.2) is 0 Å². The number of cyclic esters (lactones) is 2. The van der Waals surface area contributed by atoms with Crippen LogP contribution in [0.2, 0.25) is 0 Å². The summed E-state index contributed by atoms with van der Waals surface area (Å²) in [6.45, 7) is 0. The Bertz CT molecular complexity index is 478. The first-order chi connectivity index (χ1) is 8.24. The van der Waals surface area contributed by atoms with Gasteiger partial charge in [0.25, 0.3) is 0 Å². The molecule has 2 fully saturated rings. The molecule has 1 heterocycles. The van der Waals surface area contributed by atoms with E-state index in [-0.39, 0.29) is 23.8 Å². The predicted molar refractivity (Wildman–Crippen MR) is 59.6 cm³/mol. The Morgan fingerprint density at radius 3 is 1.76 bits per heavy atom. The van der Waals surface area contributed by atoms with Crippen molar-refractivity contribution in [1.82, 2.24) is 0 Å². The molecule has 0 amide bonds. The Morgan fingerprint density at radius 2 is 1.35 bits per heavy atom. The number of fused-ring (bicyclic) bond motifs is 2. The van der Waals surface area contributed by atoms with E-state index in [0.717, 1.165) is 12.8 Å². The van der Waals surface area contributed by atoms with Crippen molar-refractivity contribution in [3.8, 4) is 0 Å². The zero-order chi connectivity index (χ0) is 11.6. The second kappa shape index (κ2) is 2.97. The van der Waals surface area contributed by atoms with E-state index in [1.165, 1.54) is 11.1 Å². The summed E-state index contributed by atoms with van der Waals surface area (Å²) in [5.74, 6) is -0.615. The molecule has 1 saturated heterocycles. The summed E-state index contributed by atoms with van der Waals surface area (Å²) in [7, 11) is 0. The van der Waals surface area contributed by atoms with Crippen LogP contribution in [0.5, 0.6) is 0 Å². The lowest BCUT2D eigenvalue weighted by Gasteiger charge is -2.38. The van der Waals surface area contributed by atoms with Gasteiger partial charge in [0, 0.05) is 11.8 Å². The molecular weight excluding hydrogens is 216 g/mol. The molecule has 3 heteroatoms. The van der Waals surface area contributed by atoms with Crippen LogP contribution in [0.15, 0.2) is 35.5 Å². The summed E-state index contributed by atoms with van der Waals surface area (Å²) in [6, 6.07) is 0. The normalized spacial score (nSPS) is 41.6. The Hall–Kier alpha value is -1.64. The summed E-state index contributed by atoms with van der Waals surface area (Å²) in [4.78, 5) is 23.1. The van der Waals surface area contributed by atoms with Crippen molar-refractivity contribution in [2.24, 2.45) is 23.7 Å². The highest BCUT2D eigenvalue weighted by molar-refractivity contribution is 5.99. The molecule has 1 aliphatic heterocycles. The monoisotopic (exact) mass is 228 g/mol. The fourth-order valence-corrected chi connectivity index (χ4v) is 3.46. The number of hydrogen-bond donors (Lipinski definition) is 0. The molecule has 0 aromatic heterocycles. The van der Waals surface area contributed by atoms with E-state index in [9.17, 15) is 9.59 Å². The molecule has 4 aliphatic carbocycles. The average Bonchev–Trinajstić information content (AvgIpc) is 2.65. The summed E-state index contributed by atoms with van der Waals surface area (Å²) < 4.78 is 4.72. The third-order valence-corrected chi connectivity index (χ3v) is 4.35. The van der Waals surface area contributed by atoms with E-state index >= 15 is 0 Å². The highest BCUT2D eigenvalue weighted by Gasteiger charge is 2.46. The van der Waals surface area contributed by atoms with E-state index in [0.29, 0.717) is 11.8 Å². The Balaban J connectivity index is 1.85. The molecule has 0 N–H and O–H groups in total. The van der Waals surface area contributed by atoms with Crippen molar-refractivity contribution in [2.75, 3.05) is 0 Å². The first-order valence-corrected chi connectivity index (χ1v) is 6.12. The van der Waals surface area contributed by atoms with Gasteiger partial charge in [-0.05, 0) is 24.0 Å². The van der Waals surface area contributed by atoms with Gasteiger partial charge < -0.3 is 4.74 Å². The standard InChI is InChI=1S/C14H12O3/c15-13-11-5-9-7-1-2-8(4-3-7)10(9)6-12(11)14(16)17-13/h1-2,5-8,11-12H,3-4H2/t7-,8+,11?,12?. The van der Waals surface area contributed by atoms with Crippen LogP contribution in [-0.2, 0) is 14.3 Å². The number of hydrogen-bond acceptors (Lipinski definition) is 3. The smallest absolute Gasteiger partial charge is 0.321 e. The van der Waals surface area contributed by atoms with Crippen molar-refractivity contribution in [3.63, 3.8) is 0 Å². The molecule has 0 radical (unpaired) electrons. The van der Waals surface area contributed by atoms with Gasteiger partial charge in [0.2, 0.25) is 0 Å². The molecule has 0 aromatic carbocycles. The molecule has 0 aromatic rings.